The number of ketones is 1. The van der Waals surface area contributed by atoms with Crippen molar-refractivity contribution in [3.8, 4) is 21.9 Å². The monoisotopic (exact) mass is 466 g/mol. The number of pyridine rings is 1. The molecular weight excluding hydrogens is 438 g/mol. The molecule has 0 unspecified atom stereocenters. The van der Waals surface area contributed by atoms with Gasteiger partial charge in [-0.3, -0.25) is 4.79 Å². The summed E-state index contributed by atoms with van der Waals surface area (Å²) in [6, 6.07) is 5.96. The van der Waals surface area contributed by atoms with Crippen molar-refractivity contribution in [3.05, 3.63) is 40.4 Å². The lowest BCUT2D eigenvalue weighted by Gasteiger charge is -2.27. The Balaban J connectivity index is 1.72. The summed E-state index contributed by atoms with van der Waals surface area (Å²) in [7, 11) is 1.62. The maximum absolute atomic E-state index is 13.0. The van der Waals surface area contributed by atoms with Gasteiger partial charge >= 0.3 is 5.97 Å². The van der Waals surface area contributed by atoms with E-state index >= 15 is 0 Å². The van der Waals surface area contributed by atoms with Crippen molar-refractivity contribution in [3.63, 3.8) is 0 Å². The number of hydrogen-bond acceptors (Lipinski definition) is 6. The lowest BCUT2D eigenvalue weighted by atomic mass is 9.76. The molecule has 2 aliphatic carbocycles. The van der Waals surface area contributed by atoms with E-state index in [0.29, 0.717) is 11.1 Å². The predicted octanol–water partition coefficient (Wildman–Crippen LogP) is 5.24. The number of rotatable bonds is 5. The van der Waals surface area contributed by atoms with Crippen LogP contribution in [0, 0.1) is 5.41 Å². The molecule has 0 atom stereocenters. The minimum Gasteiger partial charge on any atom is -0.506 e. The number of carbonyl (C=O) groups is 2. The molecule has 0 amide bonds. The van der Waals surface area contributed by atoms with Gasteiger partial charge in [-0.15, -0.1) is 11.3 Å². The Bertz CT molecular complexity index is 1300. The molecule has 0 bridgehead atoms. The van der Waals surface area contributed by atoms with Crippen LogP contribution in [0.25, 0.3) is 21.3 Å². The highest BCUT2D eigenvalue weighted by Gasteiger charge is 2.39. The summed E-state index contributed by atoms with van der Waals surface area (Å²) in [6.45, 7) is 6.00. The summed E-state index contributed by atoms with van der Waals surface area (Å²) in [5.41, 5.74) is 2.26. The van der Waals surface area contributed by atoms with Gasteiger partial charge in [-0.2, -0.15) is 4.57 Å². The van der Waals surface area contributed by atoms with Gasteiger partial charge in [0, 0.05) is 39.1 Å². The van der Waals surface area contributed by atoms with E-state index in [0.717, 1.165) is 52.1 Å². The van der Waals surface area contributed by atoms with Gasteiger partial charge in [0.2, 0.25) is 0 Å². The molecule has 0 aliphatic heterocycles. The summed E-state index contributed by atoms with van der Waals surface area (Å²) in [4.78, 5) is 27.6. The number of methoxy groups -OCH3 is 1. The van der Waals surface area contributed by atoms with Crippen LogP contribution < -0.4 is 9.30 Å². The number of fused-ring (bicyclic) bond motifs is 2. The third-order valence-electron chi connectivity index (χ3n) is 6.72. The van der Waals surface area contributed by atoms with Crippen molar-refractivity contribution >= 4 is 34.0 Å². The summed E-state index contributed by atoms with van der Waals surface area (Å²) in [5.74, 6) is 0.181. The van der Waals surface area contributed by atoms with E-state index < -0.39 is 5.97 Å². The van der Waals surface area contributed by atoms with E-state index in [9.17, 15) is 14.7 Å². The Morgan fingerprint density at radius 2 is 2.03 bits per heavy atom. The van der Waals surface area contributed by atoms with Crippen LogP contribution in [0.4, 0.5) is 0 Å². The number of ether oxygens (including phenoxy) is 2. The summed E-state index contributed by atoms with van der Waals surface area (Å²) in [6.07, 6.45) is 5.42. The largest absolute Gasteiger partial charge is 0.506 e. The zero-order chi connectivity index (χ0) is 23.5. The summed E-state index contributed by atoms with van der Waals surface area (Å²) >= 11 is 1.63. The molecule has 5 rings (SSSR count). The van der Waals surface area contributed by atoms with Gasteiger partial charge in [-0.05, 0) is 38.0 Å². The van der Waals surface area contributed by atoms with E-state index in [1.165, 1.54) is 0 Å². The summed E-state index contributed by atoms with van der Waals surface area (Å²) < 4.78 is 13.1. The molecule has 1 aromatic carbocycles. The topological polar surface area (TPSA) is 76.7 Å². The van der Waals surface area contributed by atoms with E-state index in [-0.39, 0.29) is 35.2 Å². The number of aryl methyl sites for hydroxylation is 1. The van der Waals surface area contributed by atoms with Gasteiger partial charge in [0.1, 0.15) is 5.75 Å². The van der Waals surface area contributed by atoms with E-state index in [1.807, 2.05) is 36.6 Å². The molecule has 2 heterocycles. The number of carbonyl (C=O) groups excluding carboxylic acids is 2. The smallest absolute Gasteiger partial charge is 0.348 e. The molecule has 1 N–H and O–H groups in total. The molecule has 2 aromatic heterocycles. The van der Waals surface area contributed by atoms with Crippen molar-refractivity contribution in [1.82, 2.24) is 0 Å². The Labute approximate surface area is 196 Å². The van der Waals surface area contributed by atoms with Crippen LogP contribution in [0.5, 0.6) is 11.5 Å². The maximum atomic E-state index is 13.0. The molecular formula is C26H28NO5S+. The number of aromatic nitrogens is 1. The number of benzene rings is 1. The van der Waals surface area contributed by atoms with Crippen LogP contribution in [0.3, 0.4) is 0 Å². The minimum atomic E-state index is -0.540. The fourth-order valence-electron chi connectivity index (χ4n) is 4.67. The SMILES string of the molecule is CCOC(=O)c1c[n+](C2CC2)c2c(OC)c(-c3cc4c(s3)CCC(C)(C)C4=O)ccc2c1O. The highest BCUT2D eigenvalue weighted by molar-refractivity contribution is 7.16. The molecule has 1 saturated carbocycles. The van der Waals surface area contributed by atoms with Gasteiger partial charge < -0.3 is 14.6 Å². The average Bonchev–Trinajstić information content (AvgIpc) is 3.54. The molecule has 3 aromatic rings. The Morgan fingerprint density at radius 3 is 2.70 bits per heavy atom. The number of esters is 1. The highest BCUT2D eigenvalue weighted by Crippen LogP contribution is 2.46. The van der Waals surface area contributed by atoms with Crippen molar-refractivity contribution in [2.45, 2.75) is 52.5 Å². The fraction of sp³-hybridized carbons (Fsp3) is 0.423. The van der Waals surface area contributed by atoms with Crippen molar-refractivity contribution in [1.29, 1.82) is 0 Å². The molecule has 7 heteroatoms. The van der Waals surface area contributed by atoms with Gasteiger partial charge in [0.25, 0.3) is 5.52 Å². The maximum Gasteiger partial charge on any atom is 0.348 e. The predicted molar refractivity (Wildman–Crippen MR) is 126 cm³/mol. The minimum absolute atomic E-state index is 0.104. The lowest BCUT2D eigenvalue weighted by Crippen LogP contribution is -2.34. The molecule has 2 aliphatic rings. The number of Topliss-reactive ketones (excluding diaryl/α,β-unsaturated/α-hetero) is 1. The lowest BCUT2D eigenvalue weighted by molar-refractivity contribution is -0.675. The quantitative estimate of drug-likeness (QED) is 0.411. The van der Waals surface area contributed by atoms with Gasteiger partial charge in [-0.1, -0.05) is 13.8 Å². The third kappa shape index (κ3) is 3.50. The van der Waals surface area contributed by atoms with Gasteiger partial charge in [0.05, 0.1) is 19.1 Å². The van der Waals surface area contributed by atoms with Gasteiger partial charge in [-0.25, -0.2) is 4.79 Å². The zero-order valence-corrected chi connectivity index (χ0v) is 20.2. The second-order valence-corrected chi connectivity index (χ2v) is 10.6. The van der Waals surface area contributed by atoms with Crippen molar-refractivity contribution in [2.24, 2.45) is 5.41 Å². The molecule has 33 heavy (non-hydrogen) atoms. The number of nitrogens with zero attached hydrogens (tertiary/aromatic N) is 1. The van der Waals surface area contributed by atoms with Crippen LogP contribution >= 0.6 is 11.3 Å². The number of hydrogen-bond donors (Lipinski definition) is 1. The van der Waals surface area contributed by atoms with E-state index in [4.69, 9.17) is 9.47 Å². The summed E-state index contributed by atoms with van der Waals surface area (Å²) in [5, 5.41) is 11.5. The van der Waals surface area contributed by atoms with Crippen LogP contribution in [-0.4, -0.2) is 30.6 Å². The van der Waals surface area contributed by atoms with Crippen LogP contribution in [0.2, 0.25) is 0 Å². The first-order valence-corrected chi connectivity index (χ1v) is 12.2. The normalized spacial score (nSPS) is 17.2. The Hall–Kier alpha value is -2.93. The third-order valence-corrected chi connectivity index (χ3v) is 7.95. The van der Waals surface area contributed by atoms with Crippen LogP contribution in [-0.2, 0) is 11.2 Å². The molecule has 1 fully saturated rings. The zero-order valence-electron chi connectivity index (χ0n) is 19.4. The number of aromatic hydroxyl groups is 1. The molecule has 0 spiro atoms. The first kappa shape index (κ1) is 21.9. The second-order valence-electron chi connectivity index (χ2n) is 9.45. The molecule has 172 valence electrons. The fourth-order valence-corrected chi connectivity index (χ4v) is 5.85. The first-order chi connectivity index (χ1) is 15.8. The molecule has 0 radical (unpaired) electrons. The molecule has 0 saturated heterocycles. The Kier molecular flexibility index (Phi) is 5.20. The molecule has 6 nitrogen and oxygen atoms in total. The highest BCUT2D eigenvalue weighted by atomic mass is 32.1. The Morgan fingerprint density at radius 1 is 1.27 bits per heavy atom. The van der Waals surface area contributed by atoms with E-state index in [1.54, 1.807) is 31.6 Å². The standard InChI is InChI=1S/C26H27NO5S/c1-5-32-25(30)18-13-27(14-6-7-14)21-16(22(18)28)9-8-15(23(21)31-4)20-12-17-19(33-20)10-11-26(2,3)24(17)29/h8-9,12-14H,5-7,10-11H2,1-4H3/p+1. The van der Waals surface area contributed by atoms with Crippen molar-refractivity contribution in [2.75, 3.05) is 13.7 Å². The van der Waals surface area contributed by atoms with Gasteiger partial charge in [0.15, 0.2) is 29.3 Å². The average molecular weight is 467 g/mol. The van der Waals surface area contributed by atoms with Crippen LogP contribution in [0.15, 0.2) is 24.4 Å². The van der Waals surface area contributed by atoms with Crippen molar-refractivity contribution < 1.29 is 28.7 Å². The first-order valence-electron chi connectivity index (χ1n) is 11.4. The number of thiophene rings is 1. The van der Waals surface area contributed by atoms with Crippen LogP contribution in [0.1, 0.15) is 71.7 Å². The second kappa shape index (κ2) is 7.83. The van der Waals surface area contributed by atoms with E-state index in [2.05, 4.69) is 0 Å².